The first kappa shape index (κ1) is 13.4. The summed E-state index contributed by atoms with van der Waals surface area (Å²) in [5, 5.41) is 3.07. The summed E-state index contributed by atoms with van der Waals surface area (Å²) >= 11 is 0. The lowest BCUT2D eigenvalue weighted by atomic mass is 10.1. The molecule has 0 atom stereocenters. The van der Waals surface area contributed by atoms with Gasteiger partial charge in [0.1, 0.15) is 0 Å². The molecule has 0 saturated heterocycles. The summed E-state index contributed by atoms with van der Waals surface area (Å²) in [4.78, 5) is 3.98. The van der Waals surface area contributed by atoms with Crippen LogP contribution in [0.2, 0.25) is 0 Å². The summed E-state index contributed by atoms with van der Waals surface area (Å²) in [6, 6.07) is 4.94. The Morgan fingerprint density at radius 2 is 1.76 bits per heavy atom. The first-order valence-corrected chi connectivity index (χ1v) is 4.49. The van der Waals surface area contributed by atoms with Crippen molar-refractivity contribution < 1.29 is 26.8 Å². The molecule has 94 valence electrons. The van der Waals surface area contributed by atoms with E-state index in [1.54, 1.807) is 0 Å². The van der Waals surface area contributed by atoms with E-state index in [2.05, 4.69) is 9.99 Å². The van der Waals surface area contributed by atoms with Gasteiger partial charge in [-0.15, -0.1) is 0 Å². The van der Waals surface area contributed by atoms with E-state index in [9.17, 15) is 22.0 Å². The Labute approximate surface area is 93.7 Å². The normalized spacial score (nSPS) is 12.4. The van der Waals surface area contributed by atoms with Crippen LogP contribution in [0.25, 0.3) is 0 Å². The lowest BCUT2D eigenvalue weighted by Gasteiger charge is -2.03. The van der Waals surface area contributed by atoms with Crippen LogP contribution in [0.1, 0.15) is 17.6 Å². The van der Waals surface area contributed by atoms with Gasteiger partial charge >= 0.3 is 6.18 Å². The molecule has 1 aromatic rings. The van der Waals surface area contributed by atoms with Crippen LogP contribution in [-0.2, 0) is 4.84 Å². The largest absolute Gasteiger partial charge is 0.425 e. The van der Waals surface area contributed by atoms with Gasteiger partial charge in [0.05, 0.1) is 6.21 Å². The second-order valence-corrected chi connectivity index (χ2v) is 3.09. The van der Waals surface area contributed by atoms with E-state index < -0.39 is 19.2 Å². The zero-order valence-electron chi connectivity index (χ0n) is 8.42. The standard InChI is InChI=1S/C10H8F5NO/c11-9(12)8-3-1-7(2-4-8)5-16-17-6-10(13,14)15/h1-5,9H,6H2. The zero-order valence-corrected chi connectivity index (χ0v) is 8.42. The van der Waals surface area contributed by atoms with Crippen LogP contribution >= 0.6 is 0 Å². The summed E-state index contributed by atoms with van der Waals surface area (Å²) in [7, 11) is 0. The number of rotatable bonds is 4. The molecule has 2 nitrogen and oxygen atoms in total. The van der Waals surface area contributed by atoms with E-state index in [0.29, 0.717) is 5.56 Å². The highest BCUT2D eigenvalue weighted by atomic mass is 19.4. The van der Waals surface area contributed by atoms with Crippen LogP contribution in [0.4, 0.5) is 22.0 Å². The molecule has 0 spiro atoms. The van der Waals surface area contributed by atoms with Crippen molar-refractivity contribution in [2.75, 3.05) is 6.61 Å². The molecule has 7 heteroatoms. The van der Waals surface area contributed by atoms with Crippen molar-refractivity contribution in [2.24, 2.45) is 5.16 Å². The molecule has 0 aliphatic carbocycles. The predicted octanol–water partition coefficient (Wildman–Crippen LogP) is 3.54. The van der Waals surface area contributed by atoms with Crippen molar-refractivity contribution in [1.82, 2.24) is 0 Å². The Hall–Kier alpha value is -1.66. The van der Waals surface area contributed by atoms with Crippen molar-refractivity contribution in [3.8, 4) is 0 Å². The lowest BCUT2D eigenvalue weighted by Crippen LogP contribution is -2.14. The minimum Gasteiger partial charge on any atom is -0.386 e. The number of benzene rings is 1. The molecule has 0 saturated carbocycles. The molecule has 0 aliphatic rings. The van der Waals surface area contributed by atoms with Crippen molar-refractivity contribution in [3.05, 3.63) is 35.4 Å². The highest BCUT2D eigenvalue weighted by molar-refractivity contribution is 5.79. The summed E-state index contributed by atoms with van der Waals surface area (Å²) in [6.45, 7) is -1.49. The fourth-order valence-electron chi connectivity index (χ4n) is 0.936. The molecule has 0 bridgehead atoms. The van der Waals surface area contributed by atoms with Gasteiger partial charge in [-0.1, -0.05) is 29.4 Å². The van der Waals surface area contributed by atoms with Gasteiger partial charge in [0.25, 0.3) is 6.43 Å². The second kappa shape index (κ2) is 5.60. The number of halogens is 5. The minimum absolute atomic E-state index is 0.168. The maximum absolute atomic E-state index is 12.2. The quantitative estimate of drug-likeness (QED) is 0.457. The number of hydrogen-bond donors (Lipinski definition) is 0. The third kappa shape index (κ3) is 5.28. The smallest absolute Gasteiger partial charge is 0.386 e. The fourth-order valence-corrected chi connectivity index (χ4v) is 0.936. The first-order chi connectivity index (χ1) is 7.88. The minimum atomic E-state index is -4.45. The summed E-state index contributed by atoms with van der Waals surface area (Å²) in [5.74, 6) is 0. The lowest BCUT2D eigenvalue weighted by molar-refractivity contribution is -0.173. The van der Waals surface area contributed by atoms with E-state index in [1.165, 1.54) is 12.1 Å². The topological polar surface area (TPSA) is 21.6 Å². The number of hydrogen-bond acceptors (Lipinski definition) is 2. The molecule has 17 heavy (non-hydrogen) atoms. The van der Waals surface area contributed by atoms with Gasteiger partial charge in [-0.25, -0.2) is 8.78 Å². The molecular weight excluding hydrogens is 245 g/mol. The Kier molecular flexibility index (Phi) is 4.42. The fraction of sp³-hybridized carbons (Fsp3) is 0.300. The maximum atomic E-state index is 12.2. The molecule has 0 N–H and O–H groups in total. The molecular formula is C10H8F5NO. The van der Waals surface area contributed by atoms with Crippen LogP contribution < -0.4 is 0 Å². The molecule has 0 aromatic heterocycles. The van der Waals surface area contributed by atoms with E-state index in [0.717, 1.165) is 18.3 Å². The SMILES string of the molecule is FC(F)c1ccc(C=NOCC(F)(F)F)cc1. The number of nitrogens with zero attached hydrogens (tertiary/aromatic N) is 1. The molecule has 1 aromatic carbocycles. The third-order valence-corrected chi connectivity index (χ3v) is 1.69. The summed E-state index contributed by atoms with van der Waals surface area (Å²) < 4.78 is 59.2. The van der Waals surface area contributed by atoms with Crippen molar-refractivity contribution >= 4 is 6.21 Å². The molecule has 0 radical (unpaired) electrons. The molecule has 0 fully saturated rings. The van der Waals surface area contributed by atoms with Crippen LogP contribution in [0, 0.1) is 0 Å². The van der Waals surface area contributed by atoms with E-state index in [4.69, 9.17) is 0 Å². The highest BCUT2D eigenvalue weighted by Crippen LogP contribution is 2.18. The van der Waals surface area contributed by atoms with Gasteiger partial charge in [-0.2, -0.15) is 13.2 Å². The Bertz CT molecular complexity index is 371. The molecule has 0 amide bonds. The van der Waals surface area contributed by atoms with Gasteiger partial charge in [-0.05, 0) is 5.56 Å². The second-order valence-electron chi connectivity index (χ2n) is 3.09. The zero-order chi connectivity index (χ0) is 12.9. The predicted molar refractivity (Wildman–Crippen MR) is 51.0 cm³/mol. The van der Waals surface area contributed by atoms with Crippen molar-refractivity contribution in [2.45, 2.75) is 12.6 Å². The molecule has 0 aliphatic heterocycles. The molecule has 0 unspecified atom stereocenters. The summed E-state index contributed by atoms with van der Waals surface area (Å²) in [5.41, 5.74) is 0.204. The summed E-state index contributed by atoms with van der Waals surface area (Å²) in [6.07, 6.45) is -6.01. The van der Waals surface area contributed by atoms with Crippen LogP contribution in [0.15, 0.2) is 29.4 Å². The average Bonchev–Trinajstić information content (AvgIpc) is 2.24. The van der Waals surface area contributed by atoms with Gasteiger partial charge in [0, 0.05) is 5.56 Å². The van der Waals surface area contributed by atoms with E-state index >= 15 is 0 Å². The van der Waals surface area contributed by atoms with Gasteiger partial charge in [0.2, 0.25) is 6.61 Å². The first-order valence-electron chi connectivity index (χ1n) is 4.49. The Morgan fingerprint density at radius 3 is 2.24 bits per heavy atom. The van der Waals surface area contributed by atoms with E-state index in [-0.39, 0.29) is 5.56 Å². The monoisotopic (exact) mass is 253 g/mol. The van der Waals surface area contributed by atoms with Gasteiger partial charge in [-0.3, -0.25) is 0 Å². The average molecular weight is 253 g/mol. The van der Waals surface area contributed by atoms with Crippen LogP contribution in [-0.4, -0.2) is 19.0 Å². The van der Waals surface area contributed by atoms with E-state index in [1.807, 2.05) is 0 Å². The molecule has 1 rings (SSSR count). The Morgan fingerprint density at radius 1 is 1.18 bits per heavy atom. The number of alkyl halides is 5. The highest BCUT2D eigenvalue weighted by Gasteiger charge is 2.28. The number of oxime groups is 1. The third-order valence-electron chi connectivity index (χ3n) is 1.69. The molecule has 0 heterocycles. The Balaban J connectivity index is 2.49. The van der Waals surface area contributed by atoms with Gasteiger partial charge in [0.15, 0.2) is 0 Å². The van der Waals surface area contributed by atoms with Crippen LogP contribution in [0.5, 0.6) is 0 Å². The maximum Gasteiger partial charge on any atom is 0.425 e. The van der Waals surface area contributed by atoms with Gasteiger partial charge < -0.3 is 4.84 Å². The van der Waals surface area contributed by atoms with Crippen molar-refractivity contribution in [3.63, 3.8) is 0 Å². The van der Waals surface area contributed by atoms with Crippen molar-refractivity contribution in [1.29, 1.82) is 0 Å². The van der Waals surface area contributed by atoms with Crippen LogP contribution in [0.3, 0.4) is 0 Å².